The summed E-state index contributed by atoms with van der Waals surface area (Å²) in [4.78, 5) is 0. The Hall–Kier alpha value is -1.60. The normalized spacial score (nSPS) is 12.2. The number of rotatable bonds is 8. The molecule has 0 unspecified atom stereocenters. The van der Waals surface area contributed by atoms with E-state index in [-0.39, 0.29) is 5.25 Å². The first-order chi connectivity index (χ1) is 12.3. The number of benzene rings is 3. The molecule has 25 heavy (non-hydrogen) atoms. The predicted molar refractivity (Wildman–Crippen MR) is 113 cm³/mol. The first kappa shape index (κ1) is 18.2. The van der Waals surface area contributed by atoms with Crippen LogP contribution in [0.15, 0.2) is 91.0 Å². The Kier molecular flexibility index (Phi) is 7.11. The molecule has 0 aromatic heterocycles. The van der Waals surface area contributed by atoms with E-state index < -0.39 is 7.92 Å². The number of thiol groups is 1. The van der Waals surface area contributed by atoms with Crippen LogP contribution < -0.4 is 10.6 Å². The van der Waals surface area contributed by atoms with Gasteiger partial charge in [0.05, 0.1) is 13.2 Å². The maximum atomic E-state index is 5.89. The van der Waals surface area contributed by atoms with Gasteiger partial charge in [-0.25, -0.2) is 0 Å². The third-order valence-electron chi connectivity index (χ3n) is 3.95. The molecule has 1 nitrogen and oxygen atoms in total. The fraction of sp³-hybridized carbons (Fsp3) is 0.182. The molecule has 0 aliphatic carbocycles. The van der Waals surface area contributed by atoms with Crippen LogP contribution in [0.3, 0.4) is 0 Å². The zero-order valence-corrected chi connectivity index (χ0v) is 16.0. The summed E-state index contributed by atoms with van der Waals surface area (Å²) in [6.07, 6.45) is 1.02. The largest absolute Gasteiger partial charge is 0.376 e. The second-order valence-corrected chi connectivity index (χ2v) is 8.92. The van der Waals surface area contributed by atoms with Gasteiger partial charge >= 0.3 is 0 Å². The number of hydrogen-bond acceptors (Lipinski definition) is 2. The first-order valence-corrected chi connectivity index (χ1v) is 10.5. The average molecular weight is 366 g/mol. The SMILES string of the molecule is S[C@@H](COCc1ccccc1)CP(c1ccccc1)c1ccccc1. The Labute approximate surface area is 157 Å². The van der Waals surface area contributed by atoms with Crippen LogP contribution in [0.25, 0.3) is 0 Å². The highest BCUT2D eigenvalue weighted by atomic mass is 32.1. The quantitative estimate of drug-likeness (QED) is 0.452. The van der Waals surface area contributed by atoms with Gasteiger partial charge in [-0.05, 0) is 30.3 Å². The minimum absolute atomic E-state index is 0.218. The summed E-state index contributed by atoms with van der Waals surface area (Å²) in [5.74, 6) is 0. The molecule has 0 radical (unpaired) electrons. The Morgan fingerprint density at radius 1 is 0.720 bits per heavy atom. The van der Waals surface area contributed by atoms with Crippen molar-refractivity contribution in [3.63, 3.8) is 0 Å². The third kappa shape index (κ3) is 5.71. The van der Waals surface area contributed by atoms with Crippen molar-refractivity contribution in [3.05, 3.63) is 96.6 Å². The van der Waals surface area contributed by atoms with Crippen molar-refractivity contribution in [2.24, 2.45) is 0 Å². The van der Waals surface area contributed by atoms with Gasteiger partial charge in [0.15, 0.2) is 0 Å². The van der Waals surface area contributed by atoms with Crippen molar-refractivity contribution in [3.8, 4) is 0 Å². The molecular weight excluding hydrogens is 343 g/mol. The summed E-state index contributed by atoms with van der Waals surface area (Å²) in [5, 5.41) is 3.01. The number of ether oxygens (including phenoxy) is 1. The highest BCUT2D eigenvalue weighted by molar-refractivity contribution is 7.82. The minimum atomic E-state index is -0.417. The third-order valence-corrected chi connectivity index (χ3v) is 7.22. The van der Waals surface area contributed by atoms with Crippen LogP contribution in [0.1, 0.15) is 5.56 Å². The van der Waals surface area contributed by atoms with Crippen molar-refractivity contribution in [2.75, 3.05) is 12.8 Å². The van der Waals surface area contributed by atoms with Crippen molar-refractivity contribution in [2.45, 2.75) is 11.9 Å². The lowest BCUT2D eigenvalue weighted by atomic mass is 10.2. The second-order valence-electron chi connectivity index (χ2n) is 5.94. The van der Waals surface area contributed by atoms with Crippen LogP contribution in [0.2, 0.25) is 0 Å². The Bertz CT molecular complexity index is 694. The lowest BCUT2D eigenvalue weighted by molar-refractivity contribution is 0.125. The molecule has 3 aromatic rings. The van der Waals surface area contributed by atoms with E-state index in [0.717, 1.165) is 6.16 Å². The van der Waals surface area contributed by atoms with Gasteiger partial charge in [-0.1, -0.05) is 91.0 Å². The van der Waals surface area contributed by atoms with E-state index in [1.165, 1.54) is 16.2 Å². The molecule has 3 heteroatoms. The maximum Gasteiger partial charge on any atom is 0.0717 e. The molecule has 0 aliphatic rings. The van der Waals surface area contributed by atoms with Crippen LogP contribution in [0.4, 0.5) is 0 Å². The summed E-state index contributed by atoms with van der Waals surface area (Å²) >= 11 is 4.81. The van der Waals surface area contributed by atoms with Crippen LogP contribution >= 0.6 is 20.6 Å². The first-order valence-electron chi connectivity index (χ1n) is 8.50. The van der Waals surface area contributed by atoms with Gasteiger partial charge in [-0.15, -0.1) is 0 Å². The lowest BCUT2D eigenvalue weighted by Crippen LogP contribution is -2.21. The molecule has 0 N–H and O–H groups in total. The van der Waals surface area contributed by atoms with Crippen LogP contribution in [0, 0.1) is 0 Å². The van der Waals surface area contributed by atoms with E-state index in [1.54, 1.807) is 0 Å². The molecule has 3 rings (SSSR count). The van der Waals surface area contributed by atoms with Gasteiger partial charge in [-0.2, -0.15) is 12.6 Å². The number of hydrogen-bond donors (Lipinski definition) is 1. The van der Waals surface area contributed by atoms with Gasteiger partial charge < -0.3 is 4.74 Å². The highest BCUT2D eigenvalue weighted by Crippen LogP contribution is 2.35. The summed E-state index contributed by atoms with van der Waals surface area (Å²) in [7, 11) is -0.417. The van der Waals surface area contributed by atoms with Crippen molar-refractivity contribution < 1.29 is 4.74 Å². The predicted octanol–water partition coefficient (Wildman–Crippen LogP) is 4.63. The van der Waals surface area contributed by atoms with Crippen LogP contribution in [-0.2, 0) is 11.3 Å². The molecule has 0 saturated carbocycles. The highest BCUT2D eigenvalue weighted by Gasteiger charge is 2.17. The molecule has 0 bridgehead atoms. The fourth-order valence-electron chi connectivity index (χ4n) is 2.73. The molecule has 0 saturated heterocycles. The molecule has 0 aliphatic heterocycles. The van der Waals surface area contributed by atoms with E-state index in [1.807, 2.05) is 18.2 Å². The van der Waals surface area contributed by atoms with Crippen LogP contribution in [-0.4, -0.2) is 18.0 Å². The van der Waals surface area contributed by atoms with E-state index in [2.05, 4.69) is 72.8 Å². The molecule has 1 atom stereocenters. The minimum Gasteiger partial charge on any atom is -0.376 e. The van der Waals surface area contributed by atoms with Crippen molar-refractivity contribution >= 4 is 31.2 Å². The van der Waals surface area contributed by atoms with E-state index in [4.69, 9.17) is 17.4 Å². The van der Waals surface area contributed by atoms with Gasteiger partial charge in [0, 0.05) is 5.25 Å². The van der Waals surface area contributed by atoms with Crippen molar-refractivity contribution in [1.29, 1.82) is 0 Å². The van der Waals surface area contributed by atoms with Crippen molar-refractivity contribution in [1.82, 2.24) is 0 Å². The summed E-state index contributed by atoms with van der Waals surface area (Å²) in [6.45, 7) is 1.31. The smallest absolute Gasteiger partial charge is 0.0717 e. The molecule has 0 fully saturated rings. The Morgan fingerprint density at radius 3 is 1.72 bits per heavy atom. The van der Waals surface area contributed by atoms with E-state index >= 15 is 0 Å². The van der Waals surface area contributed by atoms with Gasteiger partial charge in [0.2, 0.25) is 0 Å². The van der Waals surface area contributed by atoms with Crippen LogP contribution in [0.5, 0.6) is 0 Å². The molecule has 0 heterocycles. The Balaban J connectivity index is 1.62. The lowest BCUT2D eigenvalue weighted by Gasteiger charge is -2.22. The summed E-state index contributed by atoms with van der Waals surface area (Å²) in [5.41, 5.74) is 1.21. The van der Waals surface area contributed by atoms with Gasteiger partial charge in [0.1, 0.15) is 0 Å². The second kappa shape index (κ2) is 9.77. The van der Waals surface area contributed by atoms with E-state index in [9.17, 15) is 0 Å². The summed E-state index contributed by atoms with van der Waals surface area (Å²) < 4.78 is 5.89. The average Bonchev–Trinajstić information content (AvgIpc) is 2.68. The molecule has 128 valence electrons. The zero-order valence-electron chi connectivity index (χ0n) is 14.2. The monoisotopic (exact) mass is 366 g/mol. The molecular formula is C22H23OPS. The summed E-state index contributed by atoms with van der Waals surface area (Å²) in [6, 6.07) is 31.8. The molecule has 0 spiro atoms. The Morgan fingerprint density at radius 2 is 1.20 bits per heavy atom. The topological polar surface area (TPSA) is 9.23 Å². The van der Waals surface area contributed by atoms with E-state index in [0.29, 0.717) is 13.2 Å². The molecule has 0 amide bonds. The zero-order chi connectivity index (χ0) is 17.3. The molecule has 3 aromatic carbocycles. The standard InChI is InChI=1S/C22H23OPS/c25-22(17-23-16-19-10-4-1-5-11-19)18-24(20-12-6-2-7-13-20)21-14-8-3-9-15-21/h1-15,22,25H,16-18H2/t22-/m0/s1. The van der Waals surface area contributed by atoms with Gasteiger partial charge in [0.25, 0.3) is 0 Å². The maximum absolute atomic E-state index is 5.89. The fourth-order valence-corrected chi connectivity index (χ4v) is 5.63. The van der Waals surface area contributed by atoms with Gasteiger partial charge in [-0.3, -0.25) is 0 Å².